The van der Waals surface area contributed by atoms with Gasteiger partial charge < -0.3 is 14.8 Å². The molecule has 30 heavy (non-hydrogen) atoms. The number of hydrogen-bond acceptors (Lipinski definition) is 6. The molecule has 4 rings (SSSR count). The number of rotatable bonds is 7. The molecule has 7 nitrogen and oxygen atoms in total. The molecular formula is C23H30N4O3. The maximum atomic E-state index is 12.2. The van der Waals surface area contributed by atoms with Crippen LogP contribution in [0.3, 0.4) is 0 Å². The van der Waals surface area contributed by atoms with Gasteiger partial charge in [-0.25, -0.2) is 9.78 Å². The summed E-state index contributed by atoms with van der Waals surface area (Å²) in [4.78, 5) is 22.8. The van der Waals surface area contributed by atoms with Gasteiger partial charge in [-0.15, -0.1) is 0 Å². The van der Waals surface area contributed by atoms with E-state index in [9.17, 15) is 4.79 Å². The number of ether oxygens (including phenoxy) is 2. The number of aromatic nitrogens is 2. The summed E-state index contributed by atoms with van der Waals surface area (Å²) in [7, 11) is 0. The van der Waals surface area contributed by atoms with Crippen LogP contribution in [0, 0.1) is 5.92 Å². The van der Waals surface area contributed by atoms with E-state index in [0.29, 0.717) is 24.5 Å². The standard InChI is InChI=1S/C23H30N4O3/c1-15(2)20-14-29-23(28)27(20)21-11-12-24-22(26-21)25-16(3)17-7-6-10-19(13-17)30-18-8-4-5-9-18/h6-7,10-13,15-16,18,20H,4-5,8-9,14H2,1-3H3,(H,24,25,26)/t16-,20+/m0/s1. The fraction of sp³-hybridized carbons (Fsp3) is 0.522. The van der Waals surface area contributed by atoms with E-state index in [2.05, 4.69) is 48.2 Å². The summed E-state index contributed by atoms with van der Waals surface area (Å²) in [5.74, 6) is 2.20. The Bertz CT molecular complexity index is 882. The van der Waals surface area contributed by atoms with Crippen LogP contribution in [0.5, 0.6) is 5.75 Å². The third-order valence-electron chi connectivity index (χ3n) is 5.87. The monoisotopic (exact) mass is 410 g/mol. The fourth-order valence-corrected chi connectivity index (χ4v) is 4.08. The highest BCUT2D eigenvalue weighted by atomic mass is 16.6. The third kappa shape index (κ3) is 4.50. The van der Waals surface area contributed by atoms with Crippen molar-refractivity contribution in [3.63, 3.8) is 0 Å². The zero-order chi connectivity index (χ0) is 21.1. The fourth-order valence-electron chi connectivity index (χ4n) is 4.08. The van der Waals surface area contributed by atoms with E-state index in [4.69, 9.17) is 9.47 Å². The molecule has 1 N–H and O–H groups in total. The normalized spacial score (nSPS) is 20.5. The Labute approximate surface area is 177 Å². The van der Waals surface area contributed by atoms with E-state index in [0.717, 1.165) is 24.2 Å². The molecule has 1 aromatic heterocycles. The molecule has 1 aromatic carbocycles. The molecule has 0 unspecified atom stereocenters. The smallest absolute Gasteiger partial charge is 0.415 e. The minimum Gasteiger partial charge on any atom is -0.490 e. The quantitative estimate of drug-likeness (QED) is 0.696. The van der Waals surface area contributed by atoms with Gasteiger partial charge in [-0.3, -0.25) is 4.90 Å². The molecule has 1 saturated heterocycles. The number of nitrogens with one attached hydrogen (secondary N) is 1. The highest BCUT2D eigenvalue weighted by molar-refractivity contribution is 5.89. The molecule has 0 bridgehead atoms. The summed E-state index contributed by atoms with van der Waals surface area (Å²) in [6, 6.07) is 9.87. The topological polar surface area (TPSA) is 76.6 Å². The lowest BCUT2D eigenvalue weighted by atomic mass is 10.0. The van der Waals surface area contributed by atoms with Crippen LogP contribution in [0.4, 0.5) is 16.6 Å². The highest BCUT2D eigenvalue weighted by Gasteiger charge is 2.37. The molecule has 1 saturated carbocycles. The minimum atomic E-state index is -0.358. The molecule has 1 aliphatic carbocycles. The molecule has 0 radical (unpaired) electrons. The van der Waals surface area contributed by atoms with Crippen molar-refractivity contribution < 1.29 is 14.3 Å². The zero-order valence-corrected chi connectivity index (χ0v) is 17.9. The van der Waals surface area contributed by atoms with Gasteiger partial charge in [-0.05, 0) is 62.3 Å². The second kappa shape index (κ2) is 8.90. The Morgan fingerprint density at radius 2 is 2.00 bits per heavy atom. The summed E-state index contributed by atoms with van der Waals surface area (Å²) in [5.41, 5.74) is 1.10. The van der Waals surface area contributed by atoms with E-state index in [1.807, 2.05) is 12.1 Å². The van der Waals surface area contributed by atoms with Gasteiger partial charge in [-0.2, -0.15) is 4.98 Å². The Hall–Kier alpha value is -2.83. The van der Waals surface area contributed by atoms with Gasteiger partial charge in [0, 0.05) is 6.20 Å². The lowest BCUT2D eigenvalue weighted by molar-refractivity contribution is 0.177. The third-order valence-corrected chi connectivity index (χ3v) is 5.87. The number of carbonyl (C=O) groups is 1. The second-order valence-corrected chi connectivity index (χ2v) is 8.46. The first-order valence-corrected chi connectivity index (χ1v) is 10.8. The van der Waals surface area contributed by atoms with E-state index in [1.165, 1.54) is 12.8 Å². The van der Waals surface area contributed by atoms with Crippen molar-refractivity contribution in [3.8, 4) is 5.75 Å². The van der Waals surface area contributed by atoms with Crippen molar-refractivity contribution in [1.29, 1.82) is 0 Å². The molecule has 2 atom stereocenters. The van der Waals surface area contributed by atoms with Gasteiger partial charge in [0.1, 0.15) is 18.2 Å². The Balaban J connectivity index is 1.47. The Morgan fingerprint density at radius 1 is 1.20 bits per heavy atom. The van der Waals surface area contributed by atoms with Crippen LogP contribution in [0.1, 0.15) is 58.1 Å². The summed E-state index contributed by atoms with van der Waals surface area (Å²) in [6.07, 6.45) is 6.40. The molecule has 1 amide bonds. The number of hydrogen-bond donors (Lipinski definition) is 1. The average molecular weight is 411 g/mol. The molecule has 7 heteroatoms. The molecular weight excluding hydrogens is 380 g/mol. The van der Waals surface area contributed by atoms with Crippen molar-refractivity contribution in [2.24, 2.45) is 5.92 Å². The summed E-state index contributed by atoms with van der Waals surface area (Å²) >= 11 is 0. The minimum absolute atomic E-state index is 0.0150. The van der Waals surface area contributed by atoms with Gasteiger partial charge >= 0.3 is 6.09 Å². The number of amides is 1. The molecule has 2 aliphatic rings. The van der Waals surface area contributed by atoms with Crippen LogP contribution < -0.4 is 15.0 Å². The predicted molar refractivity (Wildman–Crippen MR) is 116 cm³/mol. The Kier molecular flexibility index (Phi) is 6.06. The van der Waals surface area contributed by atoms with Crippen LogP contribution in [-0.2, 0) is 4.74 Å². The van der Waals surface area contributed by atoms with E-state index >= 15 is 0 Å². The first kappa shape index (κ1) is 20.4. The van der Waals surface area contributed by atoms with Crippen LogP contribution in [0.25, 0.3) is 0 Å². The SMILES string of the molecule is CC(C)[C@H]1COC(=O)N1c1ccnc(N[C@@H](C)c2cccc(OC3CCCC3)c2)n1. The molecule has 2 heterocycles. The van der Waals surface area contributed by atoms with Crippen molar-refractivity contribution in [3.05, 3.63) is 42.1 Å². The summed E-state index contributed by atoms with van der Waals surface area (Å²) < 4.78 is 11.4. The number of anilines is 2. The van der Waals surface area contributed by atoms with Crippen LogP contribution in [-0.4, -0.2) is 34.8 Å². The van der Waals surface area contributed by atoms with E-state index in [-0.39, 0.29) is 24.1 Å². The number of carbonyl (C=O) groups excluding carboxylic acids is 1. The first-order chi connectivity index (χ1) is 14.5. The maximum absolute atomic E-state index is 12.2. The summed E-state index contributed by atoms with van der Waals surface area (Å²) in [5, 5.41) is 3.35. The molecule has 0 spiro atoms. The van der Waals surface area contributed by atoms with Crippen LogP contribution in [0.2, 0.25) is 0 Å². The predicted octanol–water partition coefficient (Wildman–Crippen LogP) is 4.95. The maximum Gasteiger partial charge on any atom is 0.415 e. The molecule has 1 aliphatic heterocycles. The highest BCUT2D eigenvalue weighted by Crippen LogP contribution is 2.28. The molecule has 160 valence electrons. The number of benzene rings is 1. The van der Waals surface area contributed by atoms with Crippen molar-refractivity contribution >= 4 is 17.9 Å². The van der Waals surface area contributed by atoms with Gasteiger partial charge in [-0.1, -0.05) is 26.0 Å². The summed E-state index contributed by atoms with van der Waals surface area (Å²) in [6.45, 7) is 6.59. The largest absolute Gasteiger partial charge is 0.490 e. The van der Waals surface area contributed by atoms with Crippen LogP contribution >= 0.6 is 0 Å². The lowest BCUT2D eigenvalue weighted by Gasteiger charge is -2.24. The van der Waals surface area contributed by atoms with Crippen LogP contribution in [0.15, 0.2) is 36.5 Å². The zero-order valence-electron chi connectivity index (χ0n) is 17.9. The molecule has 2 aromatic rings. The van der Waals surface area contributed by atoms with Gasteiger partial charge in [0.15, 0.2) is 0 Å². The van der Waals surface area contributed by atoms with Gasteiger partial charge in [0.2, 0.25) is 5.95 Å². The molecule has 2 fully saturated rings. The van der Waals surface area contributed by atoms with E-state index in [1.54, 1.807) is 17.2 Å². The van der Waals surface area contributed by atoms with Gasteiger partial charge in [0.05, 0.1) is 18.2 Å². The van der Waals surface area contributed by atoms with Crippen molar-refractivity contribution in [2.45, 2.75) is 64.6 Å². The number of nitrogens with zero attached hydrogens (tertiary/aromatic N) is 3. The van der Waals surface area contributed by atoms with Gasteiger partial charge in [0.25, 0.3) is 0 Å². The second-order valence-electron chi connectivity index (χ2n) is 8.46. The van der Waals surface area contributed by atoms with E-state index < -0.39 is 0 Å². The van der Waals surface area contributed by atoms with Crippen molar-refractivity contribution in [1.82, 2.24) is 9.97 Å². The first-order valence-electron chi connectivity index (χ1n) is 10.8. The number of cyclic esters (lactones) is 1. The van der Waals surface area contributed by atoms with Crippen molar-refractivity contribution in [2.75, 3.05) is 16.8 Å². The lowest BCUT2D eigenvalue weighted by Crippen LogP contribution is -2.37. The average Bonchev–Trinajstić information content (AvgIpc) is 3.38. The Morgan fingerprint density at radius 3 is 2.77 bits per heavy atom.